The predicted octanol–water partition coefficient (Wildman–Crippen LogP) is 4.31. The number of rotatable bonds is 7. The van der Waals surface area contributed by atoms with Gasteiger partial charge in [-0.25, -0.2) is 9.78 Å². The predicted molar refractivity (Wildman–Crippen MR) is 110 cm³/mol. The van der Waals surface area contributed by atoms with Crippen molar-refractivity contribution in [3.63, 3.8) is 0 Å². The molecule has 0 aliphatic rings. The van der Waals surface area contributed by atoms with Gasteiger partial charge in [-0.05, 0) is 36.8 Å². The zero-order valence-corrected chi connectivity index (χ0v) is 16.7. The molecule has 7 nitrogen and oxygen atoms in total. The van der Waals surface area contributed by atoms with E-state index >= 15 is 0 Å². The van der Waals surface area contributed by atoms with Gasteiger partial charge in [-0.1, -0.05) is 30.7 Å². The number of hydrogen-bond donors (Lipinski definition) is 2. The number of imidazole rings is 1. The molecule has 1 aromatic heterocycles. The first kappa shape index (κ1) is 20.4. The molecule has 29 heavy (non-hydrogen) atoms. The molecule has 1 atom stereocenters. The first-order valence-electron chi connectivity index (χ1n) is 8.97. The number of carbonyl (C=O) groups is 2. The lowest BCUT2D eigenvalue weighted by atomic mass is 10.1. The van der Waals surface area contributed by atoms with Crippen molar-refractivity contribution in [3.8, 4) is 17.1 Å². The zero-order chi connectivity index (χ0) is 20.8. The van der Waals surface area contributed by atoms with E-state index in [9.17, 15) is 9.59 Å². The Morgan fingerprint density at radius 2 is 1.97 bits per heavy atom. The molecule has 0 aliphatic heterocycles. The van der Waals surface area contributed by atoms with Gasteiger partial charge < -0.3 is 19.8 Å². The normalized spacial score (nSPS) is 11.6. The Morgan fingerprint density at radius 3 is 2.55 bits per heavy atom. The molecule has 3 rings (SSSR count). The number of ether oxygens (including phenoxy) is 2. The van der Waals surface area contributed by atoms with Crippen molar-refractivity contribution < 1.29 is 19.1 Å². The molecule has 1 amide bonds. The van der Waals surface area contributed by atoms with Crippen LogP contribution < -0.4 is 10.1 Å². The number of halogens is 1. The van der Waals surface area contributed by atoms with Gasteiger partial charge in [0.2, 0.25) is 0 Å². The zero-order valence-electron chi connectivity index (χ0n) is 15.9. The van der Waals surface area contributed by atoms with Crippen LogP contribution in [0.25, 0.3) is 11.4 Å². The van der Waals surface area contributed by atoms with Crippen molar-refractivity contribution in [2.75, 3.05) is 12.4 Å². The lowest BCUT2D eigenvalue weighted by molar-refractivity contribution is -0.124. The van der Waals surface area contributed by atoms with E-state index in [1.807, 2.05) is 0 Å². The van der Waals surface area contributed by atoms with Crippen molar-refractivity contribution in [2.45, 2.75) is 19.4 Å². The number of esters is 1. The van der Waals surface area contributed by atoms with Crippen molar-refractivity contribution in [3.05, 3.63) is 65.4 Å². The number of nitrogens with one attached hydrogen (secondary N) is 2. The van der Waals surface area contributed by atoms with Gasteiger partial charge in [-0.3, -0.25) is 4.79 Å². The first-order valence-corrected chi connectivity index (χ1v) is 9.34. The molecule has 0 aliphatic carbocycles. The summed E-state index contributed by atoms with van der Waals surface area (Å²) in [5.41, 5.74) is 1.67. The Kier molecular flexibility index (Phi) is 6.51. The van der Waals surface area contributed by atoms with E-state index in [2.05, 4.69) is 15.3 Å². The maximum atomic E-state index is 12.5. The largest absolute Gasteiger partial charge is 0.495 e. The average molecular weight is 414 g/mol. The third-order valence-corrected chi connectivity index (χ3v) is 4.52. The van der Waals surface area contributed by atoms with Crippen molar-refractivity contribution in [1.29, 1.82) is 0 Å². The molecule has 0 spiro atoms. The summed E-state index contributed by atoms with van der Waals surface area (Å²) in [6.45, 7) is 1.76. The van der Waals surface area contributed by atoms with Gasteiger partial charge >= 0.3 is 5.97 Å². The molecule has 8 heteroatoms. The summed E-state index contributed by atoms with van der Waals surface area (Å²) in [7, 11) is 1.51. The highest BCUT2D eigenvalue weighted by molar-refractivity contribution is 6.32. The van der Waals surface area contributed by atoms with Gasteiger partial charge in [0.25, 0.3) is 5.91 Å². The smallest absolute Gasteiger partial charge is 0.338 e. The summed E-state index contributed by atoms with van der Waals surface area (Å²) >= 11 is 6.07. The minimum absolute atomic E-state index is 0.325. The van der Waals surface area contributed by atoms with Crippen LogP contribution in [0.2, 0.25) is 5.02 Å². The van der Waals surface area contributed by atoms with Crippen LogP contribution in [0.3, 0.4) is 0 Å². The topological polar surface area (TPSA) is 93.3 Å². The third kappa shape index (κ3) is 4.94. The lowest BCUT2D eigenvalue weighted by Crippen LogP contribution is -2.32. The minimum atomic E-state index is -0.937. The Bertz CT molecular complexity index is 988. The van der Waals surface area contributed by atoms with Crippen LogP contribution in [0.5, 0.6) is 5.75 Å². The molecular formula is C21H20ClN3O4. The summed E-state index contributed by atoms with van der Waals surface area (Å²) in [4.78, 5) is 32.1. The van der Waals surface area contributed by atoms with Crippen LogP contribution >= 0.6 is 11.6 Å². The molecule has 2 N–H and O–H groups in total. The minimum Gasteiger partial charge on any atom is -0.495 e. The van der Waals surface area contributed by atoms with E-state index in [-0.39, 0.29) is 0 Å². The van der Waals surface area contributed by atoms with Gasteiger partial charge in [0.1, 0.15) is 11.6 Å². The number of anilines is 1. The quantitative estimate of drug-likeness (QED) is 0.563. The number of nitrogens with zero attached hydrogens (tertiary/aromatic N) is 1. The highest BCUT2D eigenvalue weighted by Gasteiger charge is 2.22. The Balaban J connectivity index is 1.64. The molecule has 1 unspecified atom stereocenters. The molecule has 0 fully saturated rings. The second kappa shape index (κ2) is 9.25. The van der Waals surface area contributed by atoms with Crippen LogP contribution in [-0.4, -0.2) is 35.1 Å². The standard InChI is InChI=1S/C21H20ClN3O4/c1-3-17(20(26)25-15-8-9-18(28-2)16(22)12-15)29-21(27)14-6-4-13(5-7-14)19-23-10-11-24-19/h4-12,17H,3H2,1-2H3,(H,23,24)(H,25,26). The molecule has 0 bridgehead atoms. The second-order valence-corrected chi connectivity index (χ2v) is 6.56. The highest BCUT2D eigenvalue weighted by Crippen LogP contribution is 2.27. The molecular weight excluding hydrogens is 394 g/mol. The van der Waals surface area contributed by atoms with Crippen molar-refractivity contribution in [2.24, 2.45) is 0 Å². The van der Waals surface area contributed by atoms with E-state index in [1.54, 1.807) is 61.8 Å². The first-order chi connectivity index (χ1) is 14.0. The van der Waals surface area contributed by atoms with E-state index in [4.69, 9.17) is 21.1 Å². The third-order valence-electron chi connectivity index (χ3n) is 4.22. The molecule has 0 saturated carbocycles. The van der Waals surface area contributed by atoms with E-state index < -0.39 is 18.0 Å². The number of methoxy groups -OCH3 is 1. The van der Waals surface area contributed by atoms with E-state index in [0.717, 1.165) is 5.56 Å². The monoisotopic (exact) mass is 413 g/mol. The Labute approximate surface area is 173 Å². The van der Waals surface area contributed by atoms with Crippen molar-refractivity contribution >= 4 is 29.2 Å². The summed E-state index contributed by atoms with van der Waals surface area (Å²) in [5, 5.41) is 3.07. The summed E-state index contributed by atoms with van der Waals surface area (Å²) in [5.74, 6) is 0.190. The number of H-pyrrole nitrogens is 1. The van der Waals surface area contributed by atoms with Gasteiger partial charge in [0.05, 0.1) is 17.7 Å². The molecule has 3 aromatic rings. The SMILES string of the molecule is CCC(OC(=O)c1ccc(-c2ncc[nH]2)cc1)C(=O)Nc1ccc(OC)c(Cl)c1. The molecule has 2 aromatic carbocycles. The van der Waals surface area contributed by atoms with Crippen LogP contribution in [0.4, 0.5) is 5.69 Å². The number of carbonyl (C=O) groups excluding carboxylic acids is 2. The molecule has 150 valence electrons. The maximum Gasteiger partial charge on any atom is 0.338 e. The number of aromatic nitrogens is 2. The fraction of sp³-hybridized carbons (Fsp3) is 0.190. The van der Waals surface area contributed by atoms with Gasteiger partial charge in [0, 0.05) is 23.6 Å². The average Bonchev–Trinajstić information content (AvgIpc) is 3.27. The molecule has 0 radical (unpaired) electrons. The number of benzene rings is 2. The van der Waals surface area contributed by atoms with Crippen LogP contribution in [0.1, 0.15) is 23.7 Å². The number of amides is 1. The number of hydrogen-bond acceptors (Lipinski definition) is 5. The summed E-state index contributed by atoms with van der Waals surface area (Å²) in [6.07, 6.45) is 2.76. The van der Waals surface area contributed by atoms with Crippen LogP contribution in [-0.2, 0) is 9.53 Å². The van der Waals surface area contributed by atoms with Crippen molar-refractivity contribution in [1.82, 2.24) is 9.97 Å². The van der Waals surface area contributed by atoms with Crippen LogP contribution in [0.15, 0.2) is 54.9 Å². The molecule has 1 heterocycles. The van der Waals surface area contributed by atoms with E-state index in [1.165, 1.54) is 7.11 Å². The number of aromatic amines is 1. The van der Waals surface area contributed by atoms with Gasteiger partial charge in [-0.15, -0.1) is 0 Å². The lowest BCUT2D eigenvalue weighted by Gasteiger charge is -2.16. The fourth-order valence-corrected chi connectivity index (χ4v) is 2.93. The summed E-state index contributed by atoms with van der Waals surface area (Å²) in [6, 6.07) is 11.7. The fourth-order valence-electron chi connectivity index (χ4n) is 2.67. The summed E-state index contributed by atoms with van der Waals surface area (Å²) < 4.78 is 10.5. The van der Waals surface area contributed by atoms with Crippen LogP contribution in [0, 0.1) is 0 Å². The second-order valence-electron chi connectivity index (χ2n) is 6.16. The Morgan fingerprint density at radius 1 is 1.21 bits per heavy atom. The van der Waals surface area contributed by atoms with Gasteiger partial charge in [0.15, 0.2) is 6.10 Å². The maximum absolute atomic E-state index is 12.5. The van der Waals surface area contributed by atoms with E-state index in [0.29, 0.717) is 34.3 Å². The Hall–Kier alpha value is -3.32. The van der Waals surface area contributed by atoms with Gasteiger partial charge in [-0.2, -0.15) is 0 Å². The highest BCUT2D eigenvalue weighted by atomic mass is 35.5. The molecule has 0 saturated heterocycles.